The molecule has 2 rings (SSSR count). The first-order valence-corrected chi connectivity index (χ1v) is 8.88. The Morgan fingerprint density at radius 3 is 2.70 bits per heavy atom. The Kier molecular flexibility index (Phi) is 5.99. The van der Waals surface area contributed by atoms with Gasteiger partial charge in [-0.05, 0) is 32.8 Å². The largest absolute Gasteiger partial charge is 0.483 e. The van der Waals surface area contributed by atoms with Crippen LogP contribution in [0.3, 0.4) is 0 Å². The molecule has 1 aromatic carbocycles. The van der Waals surface area contributed by atoms with Crippen molar-refractivity contribution in [3.05, 3.63) is 23.8 Å². The highest BCUT2D eigenvalue weighted by Crippen LogP contribution is 2.41. The first-order chi connectivity index (χ1) is 12.6. The third-order valence-electron chi connectivity index (χ3n) is 4.55. The fourth-order valence-corrected chi connectivity index (χ4v) is 2.65. The van der Waals surface area contributed by atoms with Crippen molar-refractivity contribution in [2.45, 2.75) is 52.2 Å². The Morgan fingerprint density at radius 2 is 2.07 bits per heavy atom. The van der Waals surface area contributed by atoms with Gasteiger partial charge in [-0.2, -0.15) is 5.26 Å². The van der Waals surface area contributed by atoms with Crippen LogP contribution in [0.1, 0.15) is 40.2 Å². The van der Waals surface area contributed by atoms with E-state index in [-0.39, 0.29) is 18.1 Å². The lowest BCUT2D eigenvalue weighted by molar-refractivity contribution is -0.150. The summed E-state index contributed by atoms with van der Waals surface area (Å²) in [7, 11) is 0. The van der Waals surface area contributed by atoms with Crippen molar-refractivity contribution < 1.29 is 23.8 Å². The molecule has 146 valence electrons. The number of esters is 1. The van der Waals surface area contributed by atoms with Crippen LogP contribution in [0.15, 0.2) is 18.2 Å². The van der Waals surface area contributed by atoms with Gasteiger partial charge in [0.1, 0.15) is 11.1 Å². The molecular weight excluding hydrogens is 348 g/mol. The molecule has 0 bridgehead atoms. The number of amides is 1. The number of carbonyl (C=O) groups excluding carboxylic acids is 2. The van der Waals surface area contributed by atoms with E-state index in [1.807, 2.05) is 39.8 Å². The van der Waals surface area contributed by atoms with Gasteiger partial charge < -0.3 is 19.5 Å². The molecule has 0 aromatic heterocycles. The smallest absolute Gasteiger partial charge is 0.344 e. The van der Waals surface area contributed by atoms with E-state index in [4.69, 9.17) is 14.2 Å². The van der Waals surface area contributed by atoms with Crippen molar-refractivity contribution in [2.24, 2.45) is 5.92 Å². The third-order valence-corrected chi connectivity index (χ3v) is 4.55. The minimum absolute atomic E-state index is 0.0880. The molecule has 0 saturated carbocycles. The van der Waals surface area contributed by atoms with Crippen LogP contribution in [-0.4, -0.2) is 36.2 Å². The number of nitrogens with zero attached hydrogens (tertiary/aromatic N) is 1. The quantitative estimate of drug-likeness (QED) is 0.736. The van der Waals surface area contributed by atoms with Gasteiger partial charge in [-0.1, -0.05) is 26.0 Å². The summed E-state index contributed by atoms with van der Waals surface area (Å²) in [4.78, 5) is 23.8. The summed E-state index contributed by atoms with van der Waals surface area (Å²) < 4.78 is 16.3. The second-order valence-electron chi connectivity index (χ2n) is 7.75. The number of hydrogen-bond acceptors (Lipinski definition) is 6. The minimum atomic E-state index is -1.02. The van der Waals surface area contributed by atoms with Crippen LogP contribution in [-0.2, 0) is 20.7 Å². The molecule has 27 heavy (non-hydrogen) atoms. The first kappa shape index (κ1) is 20.6. The molecule has 1 aliphatic heterocycles. The Morgan fingerprint density at radius 1 is 1.37 bits per heavy atom. The van der Waals surface area contributed by atoms with Gasteiger partial charge in [-0.15, -0.1) is 0 Å². The normalized spacial score (nSPS) is 16.5. The number of ether oxygens (including phenoxy) is 3. The van der Waals surface area contributed by atoms with Crippen LogP contribution in [0.5, 0.6) is 11.5 Å². The lowest BCUT2D eigenvalue weighted by atomic mass is 9.90. The highest BCUT2D eigenvalue weighted by molar-refractivity contribution is 5.81. The number of benzene rings is 1. The van der Waals surface area contributed by atoms with E-state index in [9.17, 15) is 14.9 Å². The van der Waals surface area contributed by atoms with Crippen LogP contribution in [0.4, 0.5) is 0 Å². The van der Waals surface area contributed by atoms with Crippen molar-refractivity contribution in [1.29, 1.82) is 5.26 Å². The highest BCUT2D eigenvalue weighted by Gasteiger charge is 2.32. The van der Waals surface area contributed by atoms with Gasteiger partial charge in [0.2, 0.25) is 0 Å². The Balaban J connectivity index is 1.84. The maximum atomic E-state index is 11.9. The van der Waals surface area contributed by atoms with E-state index in [0.717, 1.165) is 12.0 Å². The van der Waals surface area contributed by atoms with E-state index < -0.39 is 24.0 Å². The van der Waals surface area contributed by atoms with Gasteiger partial charge in [-0.3, -0.25) is 4.79 Å². The van der Waals surface area contributed by atoms with E-state index in [2.05, 4.69) is 11.4 Å². The Labute approximate surface area is 159 Å². The number of nitriles is 1. The number of carbonyl (C=O) groups is 2. The van der Waals surface area contributed by atoms with Crippen LogP contribution in [0.2, 0.25) is 0 Å². The standard InChI is InChI=1S/C20H26N2O5/c1-13(2)20(5,12-21)22-16(23)10-26-17(24)11-25-15-8-6-7-14-9-19(3,4)27-18(14)15/h6-8,13H,9-11H2,1-5H3,(H,22,23)/t20-/m0/s1. The predicted octanol–water partition coefficient (Wildman–Crippen LogP) is 2.38. The Hall–Kier alpha value is -2.75. The van der Waals surface area contributed by atoms with Gasteiger partial charge in [0.05, 0.1) is 6.07 Å². The second kappa shape index (κ2) is 7.87. The SMILES string of the molecule is CC(C)[C@](C)(C#N)NC(=O)COC(=O)COc1cccc2c1OC(C)(C)C2. The minimum Gasteiger partial charge on any atom is -0.483 e. The molecule has 0 unspecified atom stereocenters. The number of para-hydroxylation sites is 1. The molecule has 1 aliphatic rings. The van der Waals surface area contributed by atoms with E-state index in [1.165, 1.54) is 0 Å². The summed E-state index contributed by atoms with van der Waals surface area (Å²) in [6.45, 7) is 8.43. The van der Waals surface area contributed by atoms with Crippen molar-refractivity contribution in [2.75, 3.05) is 13.2 Å². The monoisotopic (exact) mass is 374 g/mol. The summed E-state index contributed by atoms with van der Waals surface area (Å²) in [5.74, 6) is -0.198. The molecule has 1 heterocycles. The molecular formula is C20H26N2O5. The van der Waals surface area contributed by atoms with Crippen LogP contribution >= 0.6 is 0 Å². The maximum Gasteiger partial charge on any atom is 0.344 e. The van der Waals surface area contributed by atoms with E-state index in [1.54, 1.807) is 13.0 Å². The predicted molar refractivity (Wildman–Crippen MR) is 98.3 cm³/mol. The number of rotatable bonds is 7. The fraction of sp³-hybridized carbons (Fsp3) is 0.550. The zero-order valence-electron chi connectivity index (χ0n) is 16.4. The van der Waals surface area contributed by atoms with Gasteiger partial charge >= 0.3 is 5.97 Å². The topological polar surface area (TPSA) is 97.7 Å². The van der Waals surface area contributed by atoms with E-state index in [0.29, 0.717) is 11.5 Å². The second-order valence-corrected chi connectivity index (χ2v) is 7.75. The zero-order chi connectivity index (χ0) is 20.2. The molecule has 7 nitrogen and oxygen atoms in total. The van der Waals surface area contributed by atoms with Crippen molar-refractivity contribution in [3.8, 4) is 17.6 Å². The van der Waals surface area contributed by atoms with Crippen molar-refractivity contribution >= 4 is 11.9 Å². The summed E-state index contributed by atoms with van der Waals surface area (Å²) >= 11 is 0. The van der Waals surface area contributed by atoms with Crippen LogP contribution < -0.4 is 14.8 Å². The molecule has 0 radical (unpaired) electrons. The average Bonchev–Trinajstić information content (AvgIpc) is 2.92. The number of nitrogens with one attached hydrogen (secondary N) is 1. The highest BCUT2D eigenvalue weighted by atomic mass is 16.6. The zero-order valence-corrected chi connectivity index (χ0v) is 16.4. The lowest BCUT2D eigenvalue weighted by Gasteiger charge is -2.27. The summed E-state index contributed by atoms with van der Waals surface area (Å²) in [6, 6.07) is 7.58. The molecule has 1 aromatic rings. The summed E-state index contributed by atoms with van der Waals surface area (Å²) in [6.07, 6.45) is 0.762. The fourth-order valence-electron chi connectivity index (χ4n) is 2.65. The van der Waals surface area contributed by atoms with Gasteiger partial charge in [0.15, 0.2) is 24.7 Å². The Bertz CT molecular complexity index is 766. The molecule has 0 aliphatic carbocycles. The molecule has 1 amide bonds. The van der Waals surface area contributed by atoms with E-state index >= 15 is 0 Å². The van der Waals surface area contributed by atoms with Gasteiger partial charge in [0, 0.05) is 12.0 Å². The summed E-state index contributed by atoms with van der Waals surface area (Å²) in [5, 5.41) is 11.8. The average molecular weight is 374 g/mol. The van der Waals surface area contributed by atoms with Gasteiger partial charge in [-0.25, -0.2) is 4.79 Å². The molecule has 0 fully saturated rings. The number of fused-ring (bicyclic) bond motifs is 1. The van der Waals surface area contributed by atoms with Crippen LogP contribution in [0, 0.1) is 17.2 Å². The first-order valence-electron chi connectivity index (χ1n) is 8.88. The third kappa shape index (κ3) is 5.13. The maximum absolute atomic E-state index is 11.9. The van der Waals surface area contributed by atoms with Gasteiger partial charge in [0.25, 0.3) is 5.91 Å². The van der Waals surface area contributed by atoms with Crippen LogP contribution in [0.25, 0.3) is 0 Å². The molecule has 1 N–H and O–H groups in total. The van der Waals surface area contributed by atoms with Crippen molar-refractivity contribution in [3.63, 3.8) is 0 Å². The molecule has 0 spiro atoms. The molecule has 7 heteroatoms. The molecule has 1 atom stereocenters. The van der Waals surface area contributed by atoms with Crippen molar-refractivity contribution in [1.82, 2.24) is 5.32 Å². The number of hydrogen-bond donors (Lipinski definition) is 1. The summed E-state index contributed by atoms with van der Waals surface area (Å²) in [5.41, 5.74) is -0.312. The lowest BCUT2D eigenvalue weighted by Crippen LogP contribution is -2.50. The molecule has 0 saturated heterocycles.